The van der Waals surface area contributed by atoms with Crippen molar-refractivity contribution in [3.05, 3.63) is 57.5 Å². The number of hydrogen-bond acceptors (Lipinski definition) is 7. The minimum Gasteiger partial charge on any atom is -0.387 e. The summed E-state index contributed by atoms with van der Waals surface area (Å²) in [6, 6.07) is 8.06. The number of aliphatic hydroxyl groups excluding tert-OH is 1. The molecule has 1 atom stereocenters. The van der Waals surface area contributed by atoms with Gasteiger partial charge in [-0.1, -0.05) is 29.8 Å². The van der Waals surface area contributed by atoms with Crippen LogP contribution in [0.2, 0.25) is 0 Å². The lowest BCUT2D eigenvalue weighted by atomic mass is 9.97. The molecule has 3 rings (SSSR count). The monoisotopic (exact) mass is 402 g/mol. The summed E-state index contributed by atoms with van der Waals surface area (Å²) in [5.74, 6) is -0.145. The highest BCUT2D eigenvalue weighted by Crippen LogP contribution is 2.37. The van der Waals surface area contributed by atoms with Crippen LogP contribution in [-0.2, 0) is 6.42 Å². The van der Waals surface area contributed by atoms with E-state index in [2.05, 4.69) is 9.97 Å². The van der Waals surface area contributed by atoms with Crippen molar-refractivity contribution >= 4 is 28.5 Å². The number of rotatable bonds is 7. The van der Waals surface area contributed by atoms with Crippen LogP contribution in [0.1, 0.15) is 52.9 Å². The fourth-order valence-electron chi connectivity index (χ4n) is 2.59. The second-order valence-corrected chi connectivity index (χ2v) is 8.96. The van der Waals surface area contributed by atoms with Gasteiger partial charge in [0.25, 0.3) is 0 Å². The van der Waals surface area contributed by atoms with Crippen molar-refractivity contribution < 1.29 is 15.0 Å². The molecule has 2 heterocycles. The summed E-state index contributed by atoms with van der Waals surface area (Å²) in [4.78, 5) is 21.9. The summed E-state index contributed by atoms with van der Waals surface area (Å²) in [6.07, 6.45) is 1.37. The Kier molecular flexibility index (Phi) is 5.86. The maximum atomic E-state index is 12.9. The third-order valence-electron chi connectivity index (χ3n) is 4.21. The molecule has 0 aliphatic rings. The van der Waals surface area contributed by atoms with E-state index in [1.54, 1.807) is 6.20 Å². The zero-order valence-electron chi connectivity index (χ0n) is 15.5. The lowest BCUT2D eigenvalue weighted by Crippen LogP contribution is -2.29. The Morgan fingerprint density at radius 1 is 1.22 bits per heavy atom. The molecular weight excluding hydrogens is 380 g/mol. The van der Waals surface area contributed by atoms with Gasteiger partial charge in [-0.2, -0.15) is 0 Å². The first kappa shape index (κ1) is 19.8. The number of aliphatic hydroxyl groups is 2. The lowest BCUT2D eigenvalue weighted by Gasteiger charge is -2.23. The van der Waals surface area contributed by atoms with Crippen LogP contribution < -0.4 is 0 Å². The number of benzene rings is 1. The molecule has 2 aromatic heterocycles. The minimum atomic E-state index is -1.38. The number of aryl methyl sites for hydroxylation is 2. The lowest BCUT2D eigenvalue weighted by molar-refractivity contribution is -0.0482. The molecule has 0 fully saturated rings. The number of hydrogen-bond donors (Lipinski definition) is 2. The van der Waals surface area contributed by atoms with E-state index in [1.807, 2.05) is 36.6 Å². The molecule has 5 nitrogen and oxygen atoms in total. The standard InChI is InChI=1S/C20H22N2O3S2/c1-12-4-6-13(7-5-12)8-9-14(23)15-16(17(24)20(2,3)25)27-19(22-15)18-21-10-11-26-18/h4-7,10-11,17,24-25H,8-9H2,1-3H3. The summed E-state index contributed by atoms with van der Waals surface area (Å²) in [5.41, 5.74) is 1.10. The molecule has 0 saturated heterocycles. The Bertz CT molecular complexity index is 910. The molecule has 0 aliphatic heterocycles. The molecule has 0 radical (unpaired) electrons. The molecule has 0 amide bonds. The predicted octanol–water partition coefficient (Wildman–Crippen LogP) is 4.19. The second-order valence-electron chi connectivity index (χ2n) is 7.03. The smallest absolute Gasteiger partial charge is 0.182 e. The van der Waals surface area contributed by atoms with Crippen molar-refractivity contribution in [3.8, 4) is 10.0 Å². The van der Waals surface area contributed by atoms with Gasteiger partial charge in [0.2, 0.25) is 0 Å². The summed E-state index contributed by atoms with van der Waals surface area (Å²) in [7, 11) is 0. The van der Waals surface area contributed by atoms with Crippen molar-refractivity contribution in [2.75, 3.05) is 0 Å². The molecular formula is C20H22N2O3S2. The predicted molar refractivity (Wildman–Crippen MR) is 108 cm³/mol. The van der Waals surface area contributed by atoms with E-state index in [-0.39, 0.29) is 17.9 Å². The molecule has 1 aromatic carbocycles. The molecule has 27 heavy (non-hydrogen) atoms. The van der Waals surface area contributed by atoms with Gasteiger partial charge in [0.05, 0.1) is 10.5 Å². The van der Waals surface area contributed by atoms with E-state index in [4.69, 9.17) is 0 Å². The highest BCUT2D eigenvalue weighted by Gasteiger charge is 2.33. The Hall–Kier alpha value is -1.93. The Morgan fingerprint density at radius 2 is 1.93 bits per heavy atom. The Morgan fingerprint density at radius 3 is 2.52 bits per heavy atom. The van der Waals surface area contributed by atoms with Crippen LogP contribution in [0.5, 0.6) is 0 Å². The van der Waals surface area contributed by atoms with Crippen LogP contribution in [0, 0.1) is 6.92 Å². The molecule has 2 N–H and O–H groups in total. The van der Waals surface area contributed by atoms with E-state index in [9.17, 15) is 15.0 Å². The van der Waals surface area contributed by atoms with Gasteiger partial charge in [0, 0.05) is 18.0 Å². The zero-order chi connectivity index (χ0) is 19.6. The zero-order valence-corrected chi connectivity index (χ0v) is 17.1. The number of carbonyl (C=O) groups is 1. The van der Waals surface area contributed by atoms with Crippen LogP contribution >= 0.6 is 22.7 Å². The molecule has 0 spiro atoms. The third kappa shape index (κ3) is 4.68. The maximum absolute atomic E-state index is 12.9. The molecule has 0 saturated carbocycles. The van der Waals surface area contributed by atoms with Crippen molar-refractivity contribution in [1.29, 1.82) is 0 Å². The molecule has 1 unspecified atom stereocenters. The third-order valence-corrected chi connectivity index (χ3v) is 6.24. The second kappa shape index (κ2) is 7.98. The van der Waals surface area contributed by atoms with Gasteiger partial charge in [-0.15, -0.1) is 22.7 Å². The quantitative estimate of drug-likeness (QED) is 0.579. The van der Waals surface area contributed by atoms with Crippen molar-refractivity contribution in [2.24, 2.45) is 0 Å². The van der Waals surface area contributed by atoms with Crippen LogP contribution in [0.15, 0.2) is 35.8 Å². The van der Waals surface area contributed by atoms with E-state index < -0.39 is 11.7 Å². The van der Waals surface area contributed by atoms with Gasteiger partial charge in [-0.3, -0.25) is 4.79 Å². The van der Waals surface area contributed by atoms with Gasteiger partial charge in [-0.05, 0) is 32.8 Å². The Balaban J connectivity index is 1.87. The van der Waals surface area contributed by atoms with Gasteiger partial charge in [-0.25, -0.2) is 9.97 Å². The molecule has 7 heteroatoms. The maximum Gasteiger partial charge on any atom is 0.182 e. The largest absolute Gasteiger partial charge is 0.387 e. The normalized spacial score (nSPS) is 12.9. The van der Waals surface area contributed by atoms with E-state index in [0.29, 0.717) is 21.3 Å². The SMILES string of the molecule is Cc1ccc(CCC(=O)c2nc(-c3nccs3)sc2C(O)C(C)(C)O)cc1. The number of ketones is 1. The highest BCUT2D eigenvalue weighted by atomic mass is 32.1. The first-order valence-electron chi connectivity index (χ1n) is 8.65. The van der Waals surface area contributed by atoms with Crippen LogP contribution in [0.4, 0.5) is 0 Å². The summed E-state index contributed by atoms with van der Waals surface area (Å²) < 4.78 is 0. The molecule has 3 aromatic rings. The molecule has 0 bridgehead atoms. The highest BCUT2D eigenvalue weighted by molar-refractivity contribution is 7.20. The number of carbonyl (C=O) groups excluding carboxylic acids is 1. The van der Waals surface area contributed by atoms with E-state index in [1.165, 1.54) is 42.1 Å². The van der Waals surface area contributed by atoms with Crippen molar-refractivity contribution in [1.82, 2.24) is 9.97 Å². The van der Waals surface area contributed by atoms with Crippen LogP contribution in [-0.4, -0.2) is 31.6 Å². The number of aromatic nitrogens is 2. The van der Waals surface area contributed by atoms with Crippen LogP contribution in [0.3, 0.4) is 0 Å². The average molecular weight is 403 g/mol. The summed E-state index contributed by atoms with van der Waals surface area (Å²) in [5, 5.41) is 23.9. The topological polar surface area (TPSA) is 83.3 Å². The van der Waals surface area contributed by atoms with E-state index in [0.717, 1.165) is 5.56 Å². The van der Waals surface area contributed by atoms with Gasteiger partial charge in [0.1, 0.15) is 11.8 Å². The summed E-state index contributed by atoms with van der Waals surface area (Å²) >= 11 is 2.63. The summed E-state index contributed by atoms with van der Waals surface area (Å²) in [6.45, 7) is 5.05. The fourth-order valence-corrected chi connectivity index (χ4v) is 4.52. The molecule has 0 aliphatic carbocycles. The minimum absolute atomic E-state index is 0.145. The fraction of sp³-hybridized carbons (Fsp3) is 0.350. The number of nitrogens with zero attached hydrogens (tertiary/aromatic N) is 2. The van der Waals surface area contributed by atoms with Gasteiger partial charge >= 0.3 is 0 Å². The van der Waals surface area contributed by atoms with Crippen molar-refractivity contribution in [2.45, 2.75) is 45.3 Å². The van der Waals surface area contributed by atoms with E-state index >= 15 is 0 Å². The molecule has 142 valence electrons. The van der Waals surface area contributed by atoms with Crippen LogP contribution in [0.25, 0.3) is 10.0 Å². The number of Topliss-reactive ketones (excluding diaryl/α,β-unsaturated/α-hetero) is 1. The van der Waals surface area contributed by atoms with Gasteiger partial charge in [0.15, 0.2) is 15.8 Å². The first-order valence-corrected chi connectivity index (χ1v) is 10.3. The first-order chi connectivity index (χ1) is 12.8. The van der Waals surface area contributed by atoms with Crippen molar-refractivity contribution in [3.63, 3.8) is 0 Å². The van der Waals surface area contributed by atoms with Gasteiger partial charge < -0.3 is 10.2 Å². The average Bonchev–Trinajstić information content (AvgIpc) is 3.29. The number of thiazole rings is 2. The Labute approximate surface area is 166 Å².